The van der Waals surface area contributed by atoms with Crippen LogP contribution in [0.5, 0.6) is 11.5 Å². The Morgan fingerprint density at radius 1 is 0.862 bits per heavy atom. The van der Waals surface area contributed by atoms with E-state index in [4.69, 9.17) is 19.4 Å². The number of ether oxygens (including phenoxy) is 2. The summed E-state index contributed by atoms with van der Waals surface area (Å²) in [6, 6.07) is 22.4. The molecule has 0 amide bonds. The first-order valence-electron chi connectivity index (χ1n) is 9.72. The van der Waals surface area contributed by atoms with Crippen molar-refractivity contribution >= 4 is 33.1 Å². The van der Waals surface area contributed by atoms with E-state index in [2.05, 4.69) is 28.8 Å². The first-order chi connectivity index (χ1) is 14.3. The summed E-state index contributed by atoms with van der Waals surface area (Å²) in [5, 5.41) is 1.11. The predicted octanol–water partition coefficient (Wildman–Crippen LogP) is 5.19. The maximum absolute atomic E-state index is 5.65. The smallest absolute Gasteiger partial charge is 0.161 e. The van der Waals surface area contributed by atoms with Crippen LogP contribution in [-0.4, -0.2) is 28.3 Å². The Balaban J connectivity index is 1.70. The molecule has 0 unspecified atom stereocenters. The third kappa shape index (κ3) is 2.95. The lowest BCUT2D eigenvalue weighted by atomic mass is 10.2. The van der Waals surface area contributed by atoms with Crippen LogP contribution in [-0.2, 0) is 6.54 Å². The summed E-state index contributed by atoms with van der Waals surface area (Å²) < 4.78 is 13.4. The van der Waals surface area contributed by atoms with Gasteiger partial charge in [-0.05, 0) is 42.8 Å². The molecule has 0 saturated heterocycles. The van der Waals surface area contributed by atoms with E-state index in [1.165, 1.54) is 0 Å². The first-order valence-corrected chi connectivity index (χ1v) is 9.72. The van der Waals surface area contributed by atoms with Crippen molar-refractivity contribution in [2.24, 2.45) is 0 Å². The van der Waals surface area contributed by atoms with E-state index in [1.807, 2.05) is 49.4 Å². The first kappa shape index (κ1) is 17.5. The minimum Gasteiger partial charge on any atom is -0.493 e. The minimum absolute atomic E-state index is 0.602. The van der Waals surface area contributed by atoms with Gasteiger partial charge in [0.1, 0.15) is 5.52 Å². The molecular formula is C24H21N3O2. The Morgan fingerprint density at radius 3 is 2.41 bits per heavy atom. The van der Waals surface area contributed by atoms with E-state index < -0.39 is 0 Å². The lowest BCUT2D eigenvalue weighted by Crippen LogP contribution is -2.02. The molecule has 144 valence electrons. The van der Waals surface area contributed by atoms with Gasteiger partial charge in [0.2, 0.25) is 0 Å². The molecule has 5 rings (SSSR count). The molecule has 2 heterocycles. The number of hydrogen-bond donors (Lipinski definition) is 0. The maximum Gasteiger partial charge on any atom is 0.161 e. The van der Waals surface area contributed by atoms with Crippen LogP contribution in [0.15, 0.2) is 66.7 Å². The molecule has 0 atom stereocenters. The van der Waals surface area contributed by atoms with Crippen molar-refractivity contribution in [1.29, 1.82) is 0 Å². The summed E-state index contributed by atoms with van der Waals surface area (Å²) in [6.07, 6.45) is 0. The standard InChI is InChI=1S/C24H21N3O2/c1-3-29-21-13-12-16(14-22(21)28-2)15-27-20-11-7-4-8-17(20)23-24(27)26-19-10-6-5-9-18(19)25-23/h4-14H,3,15H2,1-2H3. The molecule has 5 aromatic rings. The van der Waals surface area contributed by atoms with Gasteiger partial charge in [-0.2, -0.15) is 0 Å². The lowest BCUT2D eigenvalue weighted by Gasteiger charge is -2.12. The van der Waals surface area contributed by atoms with Gasteiger partial charge in [0.15, 0.2) is 17.1 Å². The van der Waals surface area contributed by atoms with Crippen molar-refractivity contribution in [3.05, 3.63) is 72.3 Å². The number of aromatic nitrogens is 3. The van der Waals surface area contributed by atoms with Gasteiger partial charge in [-0.15, -0.1) is 0 Å². The third-order valence-corrected chi connectivity index (χ3v) is 5.13. The fourth-order valence-electron chi connectivity index (χ4n) is 3.81. The van der Waals surface area contributed by atoms with Gasteiger partial charge in [0, 0.05) is 11.9 Å². The third-order valence-electron chi connectivity index (χ3n) is 5.13. The second-order valence-corrected chi connectivity index (χ2v) is 6.91. The van der Waals surface area contributed by atoms with E-state index in [0.29, 0.717) is 13.2 Å². The van der Waals surface area contributed by atoms with E-state index >= 15 is 0 Å². The zero-order valence-corrected chi connectivity index (χ0v) is 16.4. The van der Waals surface area contributed by atoms with Gasteiger partial charge in [-0.25, -0.2) is 9.97 Å². The zero-order chi connectivity index (χ0) is 19.8. The monoisotopic (exact) mass is 383 g/mol. The van der Waals surface area contributed by atoms with E-state index in [-0.39, 0.29) is 0 Å². The molecule has 5 heteroatoms. The summed E-state index contributed by atoms with van der Waals surface area (Å²) in [6.45, 7) is 3.24. The van der Waals surface area contributed by atoms with Crippen molar-refractivity contribution in [1.82, 2.24) is 14.5 Å². The van der Waals surface area contributed by atoms with Gasteiger partial charge < -0.3 is 14.0 Å². The molecular weight excluding hydrogens is 362 g/mol. The van der Waals surface area contributed by atoms with Crippen molar-refractivity contribution in [3.63, 3.8) is 0 Å². The summed E-state index contributed by atoms with van der Waals surface area (Å²) >= 11 is 0. The van der Waals surface area contributed by atoms with Gasteiger partial charge in [-0.3, -0.25) is 0 Å². The highest BCUT2D eigenvalue weighted by Gasteiger charge is 2.15. The quantitative estimate of drug-likeness (QED) is 0.419. The largest absolute Gasteiger partial charge is 0.493 e. The molecule has 5 nitrogen and oxygen atoms in total. The van der Waals surface area contributed by atoms with E-state index in [0.717, 1.165) is 50.2 Å². The Hall–Kier alpha value is -3.60. The number of hydrogen-bond acceptors (Lipinski definition) is 4. The number of rotatable bonds is 5. The van der Waals surface area contributed by atoms with Gasteiger partial charge in [-0.1, -0.05) is 36.4 Å². The highest BCUT2D eigenvalue weighted by molar-refractivity contribution is 6.06. The van der Waals surface area contributed by atoms with E-state index in [9.17, 15) is 0 Å². The van der Waals surface area contributed by atoms with Crippen LogP contribution in [0.25, 0.3) is 33.1 Å². The molecule has 2 aromatic heterocycles. The van der Waals surface area contributed by atoms with Crippen LogP contribution in [0.1, 0.15) is 12.5 Å². The molecule has 0 aliphatic rings. The van der Waals surface area contributed by atoms with Crippen LogP contribution in [0.2, 0.25) is 0 Å². The second-order valence-electron chi connectivity index (χ2n) is 6.91. The molecule has 0 radical (unpaired) electrons. The molecule has 0 bridgehead atoms. The molecule has 0 saturated carbocycles. The average molecular weight is 383 g/mol. The number of nitrogens with zero attached hydrogens (tertiary/aromatic N) is 3. The van der Waals surface area contributed by atoms with Gasteiger partial charge >= 0.3 is 0 Å². The average Bonchev–Trinajstić information content (AvgIpc) is 3.06. The number of para-hydroxylation sites is 3. The SMILES string of the molecule is CCOc1ccc(Cn2c3ccccc3c3nc4ccccc4nc32)cc1OC. The molecule has 0 aliphatic heterocycles. The van der Waals surface area contributed by atoms with Crippen molar-refractivity contribution in [2.75, 3.05) is 13.7 Å². The summed E-state index contributed by atoms with van der Waals surface area (Å²) in [7, 11) is 1.67. The van der Waals surface area contributed by atoms with Crippen LogP contribution in [0, 0.1) is 0 Å². The fraction of sp³-hybridized carbons (Fsp3) is 0.167. The van der Waals surface area contributed by atoms with Crippen LogP contribution in [0.3, 0.4) is 0 Å². The lowest BCUT2D eigenvalue weighted by molar-refractivity contribution is 0.310. The molecule has 3 aromatic carbocycles. The van der Waals surface area contributed by atoms with Crippen molar-refractivity contribution in [3.8, 4) is 11.5 Å². The van der Waals surface area contributed by atoms with Crippen LogP contribution >= 0.6 is 0 Å². The Kier molecular flexibility index (Phi) is 4.28. The summed E-state index contributed by atoms with van der Waals surface area (Å²) in [5.41, 5.74) is 5.85. The van der Waals surface area contributed by atoms with Crippen LogP contribution in [0.4, 0.5) is 0 Å². The highest BCUT2D eigenvalue weighted by atomic mass is 16.5. The van der Waals surface area contributed by atoms with Crippen LogP contribution < -0.4 is 9.47 Å². The maximum atomic E-state index is 5.65. The molecule has 0 N–H and O–H groups in total. The van der Waals surface area contributed by atoms with Crippen molar-refractivity contribution < 1.29 is 9.47 Å². The number of methoxy groups -OCH3 is 1. The topological polar surface area (TPSA) is 49.2 Å². The minimum atomic E-state index is 0.602. The number of fused-ring (bicyclic) bond motifs is 4. The van der Waals surface area contributed by atoms with E-state index in [1.54, 1.807) is 7.11 Å². The summed E-state index contributed by atoms with van der Waals surface area (Å²) in [5.74, 6) is 1.49. The predicted molar refractivity (Wildman–Crippen MR) is 116 cm³/mol. The Labute approximate surface area is 168 Å². The normalized spacial score (nSPS) is 11.4. The highest BCUT2D eigenvalue weighted by Crippen LogP contribution is 2.31. The number of benzene rings is 3. The fourth-order valence-corrected chi connectivity index (χ4v) is 3.81. The van der Waals surface area contributed by atoms with Gasteiger partial charge in [0.25, 0.3) is 0 Å². The Morgan fingerprint density at radius 2 is 1.62 bits per heavy atom. The molecule has 0 fully saturated rings. The molecule has 0 aliphatic carbocycles. The molecule has 0 spiro atoms. The van der Waals surface area contributed by atoms with Gasteiger partial charge in [0.05, 0.1) is 30.3 Å². The summed E-state index contributed by atoms with van der Waals surface area (Å²) in [4.78, 5) is 9.86. The van der Waals surface area contributed by atoms with Crippen molar-refractivity contribution in [2.45, 2.75) is 13.5 Å². The zero-order valence-electron chi connectivity index (χ0n) is 16.4. The second kappa shape index (κ2) is 7.09. The molecule has 29 heavy (non-hydrogen) atoms. The Bertz CT molecular complexity index is 1340.